The Kier molecular flexibility index (Phi) is 7.01. The second kappa shape index (κ2) is 7.41. The summed E-state index contributed by atoms with van der Waals surface area (Å²) in [6.07, 6.45) is -0.159. The van der Waals surface area contributed by atoms with Crippen LogP contribution in [-0.2, 0) is 14.3 Å². The minimum atomic E-state index is -0.919. The van der Waals surface area contributed by atoms with E-state index in [-0.39, 0.29) is 6.10 Å². The molecular weight excluding hydrogens is 208 g/mol. The van der Waals surface area contributed by atoms with Crippen molar-refractivity contribution in [1.29, 1.82) is 0 Å². The largest absolute Gasteiger partial charge is 0.461 e. The zero-order valence-corrected chi connectivity index (χ0v) is 10.7. The number of esters is 1. The number of ether oxygens (including phenoxy) is 2. The lowest BCUT2D eigenvalue weighted by Crippen LogP contribution is -2.37. The highest BCUT2D eigenvalue weighted by Crippen LogP contribution is 2.05. The van der Waals surface area contributed by atoms with E-state index >= 15 is 0 Å². The third kappa shape index (κ3) is 6.58. The third-order valence-corrected chi connectivity index (χ3v) is 1.79. The molecule has 0 aliphatic carbocycles. The second-order valence-electron chi connectivity index (χ2n) is 4.26. The van der Waals surface area contributed by atoms with Crippen molar-refractivity contribution in [3.05, 3.63) is 11.6 Å². The van der Waals surface area contributed by atoms with E-state index in [1.807, 2.05) is 19.9 Å². The molecule has 0 saturated carbocycles. The standard InChI is InChI=1S/C12H22O4/c1-8(2)6-7-15-11(10(5)13)12(14)16-9(3)4/h6,9-11,13H,7H2,1-5H3. The molecule has 94 valence electrons. The Balaban J connectivity index is 4.27. The molecule has 0 heterocycles. The SMILES string of the molecule is CC(C)=CCOC(C(=O)OC(C)C)C(C)O. The average molecular weight is 230 g/mol. The molecule has 0 aromatic heterocycles. The lowest BCUT2D eigenvalue weighted by molar-refractivity contribution is -0.167. The summed E-state index contributed by atoms with van der Waals surface area (Å²) in [5.74, 6) is -0.521. The van der Waals surface area contributed by atoms with Crippen molar-refractivity contribution in [3.63, 3.8) is 0 Å². The molecule has 2 unspecified atom stereocenters. The number of carbonyl (C=O) groups is 1. The molecule has 0 bridgehead atoms. The molecule has 1 N–H and O–H groups in total. The fourth-order valence-corrected chi connectivity index (χ4v) is 1.02. The van der Waals surface area contributed by atoms with E-state index in [4.69, 9.17) is 9.47 Å². The van der Waals surface area contributed by atoms with Crippen molar-refractivity contribution in [2.45, 2.75) is 52.9 Å². The number of aliphatic hydroxyl groups excluding tert-OH is 1. The summed E-state index contributed by atoms with van der Waals surface area (Å²) in [7, 11) is 0. The predicted molar refractivity (Wildman–Crippen MR) is 62.1 cm³/mol. The van der Waals surface area contributed by atoms with E-state index in [9.17, 15) is 9.90 Å². The van der Waals surface area contributed by atoms with Gasteiger partial charge in [0, 0.05) is 0 Å². The Morgan fingerprint density at radius 2 is 1.88 bits per heavy atom. The maximum Gasteiger partial charge on any atom is 0.338 e. The van der Waals surface area contributed by atoms with Crippen LogP contribution in [0.4, 0.5) is 0 Å². The maximum absolute atomic E-state index is 11.5. The van der Waals surface area contributed by atoms with Crippen LogP contribution in [0.5, 0.6) is 0 Å². The Morgan fingerprint density at radius 1 is 1.31 bits per heavy atom. The van der Waals surface area contributed by atoms with Crippen LogP contribution in [0, 0.1) is 0 Å². The number of hydrogen-bond acceptors (Lipinski definition) is 4. The van der Waals surface area contributed by atoms with Crippen molar-refractivity contribution in [1.82, 2.24) is 0 Å². The van der Waals surface area contributed by atoms with E-state index in [2.05, 4.69) is 0 Å². The fourth-order valence-electron chi connectivity index (χ4n) is 1.02. The van der Waals surface area contributed by atoms with Crippen molar-refractivity contribution in [2.75, 3.05) is 6.61 Å². The highest BCUT2D eigenvalue weighted by molar-refractivity contribution is 5.75. The van der Waals surface area contributed by atoms with E-state index < -0.39 is 18.2 Å². The summed E-state index contributed by atoms with van der Waals surface area (Å²) in [5, 5.41) is 9.41. The molecule has 0 aliphatic heterocycles. The van der Waals surface area contributed by atoms with E-state index in [1.165, 1.54) is 6.92 Å². The maximum atomic E-state index is 11.5. The van der Waals surface area contributed by atoms with Crippen LogP contribution in [0.2, 0.25) is 0 Å². The molecule has 4 heteroatoms. The number of rotatable bonds is 6. The molecule has 4 nitrogen and oxygen atoms in total. The molecule has 0 aromatic rings. The predicted octanol–water partition coefficient (Wildman–Crippen LogP) is 1.67. The molecule has 0 aliphatic rings. The molecule has 0 fully saturated rings. The van der Waals surface area contributed by atoms with Gasteiger partial charge in [0.15, 0.2) is 6.10 Å². The molecule has 0 saturated heterocycles. The van der Waals surface area contributed by atoms with E-state index in [1.54, 1.807) is 13.8 Å². The van der Waals surface area contributed by atoms with Gasteiger partial charge in [0.25, 0.3) is 0 Å². The van der Waals surface area contributed by atoms with Gasteiger partial charge in [-0.2, -0.15) is 0 Å². The fraction of sp³-hybridized carbons (Fsp3) is 0.750. The number of allylic oxidation sites excluding steroid dienone is 1. The second-order valence-corrected chi connectivity index (χ2v) is 4.26. The van der Waals surface area contributed by atoms with Gasteiger partial charge < -0.3 is 14.6 Å². The van der Waals surface area contributed by atoms with Gasteiger partial charge in [-0.1, -0.05) is 11.6 Å². The van der Waals surface area contributed by atoms with Gasteiger partial charge in [-0.3, -0.25) is 0 Å². The van der Waals surface area contributed by atoms with Crippen molar-refractivity contribution < 1.29 is 19.4 Å². The Morgan fingerprint density at radius 3 is 2.25 bits per heavy atom. The van der Waals surface area contributed by atoms with Crippen molar-refractivity contribution in [2.24, 2.45) is 0 Å². The summed E-state index contributed by atoms with van der Waals surface area (Å²) in [6, 6.07) is 0. The van der Waals surface area contributed by atoms with Gasteiger partial charge >= 0.3 is 5.97 Å². The molecule has 16 heavy (non-hydrogen) atoms. The monoisotopic (exact) mass is 230 g/mol. The van der Waals surface area contributed by atoms with Crippen molar-refractivity contribution >= 4 is 5.97 Å². The van der Waals surface area contributed by atoms with Gasteiger partial charge in [0.1, 0.15) is 0 Å². The topological polar surface area (TPSA) is 55.8 Å². The van der Waals surface area contributed by atoms with Crippen LogP contribution in [0.1, 0.15) is 34.6 Å². The minimum Gasteiger partial charge on any atom is -0.461 e. The van der Waals surface area contributed by atoms with Crippen LogP contribution in [0.15, 0.2) is 11.6 Å². The molecule has 2 atom stereocenters. The van der Waals surface area contributed by atoms with Crippen LogP contribution in [0.25, 0.3) is 0 Å². The first kappa shape index (κ1) is 15.1. The summed E-state index contributed by atoms with van der Waals surface area (Å²) < 4.78 is 10.3. The van der Waals surface area contributed by atoms with Crippen LogP contribution >= 0.6 is 0 Å². The molecule has 0 rings (SSSR count). The van der Waals surface area contributed by atoms with Crippen LogP contribution in [0.3, 0.4) is 0 Å². The molecule has 0 aromatic carbocycles. The highest BCUT2D eigenvalue weighted by atomic mass is 16.6. The minimum absolute atomic E-state index is 0.208. The van der Waals surface area contributed by atoms with Gasteiger partial charge in [-0.05, 0) is 34.6 Å². The summed E-state index contributed by atoms with van der Waals surface area (Å²) >= 11 is 0. The van der Waals surface area contributed by atoms with Crippen LogP contribution in [-0.4, -0.2) is 36.0 Å². The van der Waals surface area contributed by atoms with Gasteiger partial charge in [-0.15, -0.1) is 0 Å². The lowest BCUT2D eigenvalue weighted by Gasteiger charge is -2.19. The Labute approximate surface area is 97.2 Å². The zero-order valence-electron chi connectivity index (χ0n) is 10.7. The first-order valence-electron chi connectivity index (χ1n) is 5.48. The lowest BCUT2D eigenvalue weighted by atomic mass is 10.2. The highest BCUT2D eigenvalue weighted by Gasteiger charge is 2.26. The van der Waals surface area contributed by atoms with E-state index in [0.29, 0.717) is 6.61 Å². The smallest absolute Gasteiger partial charge is 0.338 e. The molecule has 0 radical (unpaired) electrons. The third-order valence-electron chi connectivity index (χ3n) is 1.79. The first-order chi connectivity index (χ1) is 7.34. The number of aliphatic hydroxyl groups is 1. The van der Waals surface area contributed by atoms with Gasteiger partial charge in [0.2, 0.25) is 0 Å². The summed E-state index contributed by atoms with van der Waals surface area (Å²) in [6.45, 7) is 9.19. The summed E-state index contributed by atoms with van der Waals surface area (Å²) in [5.41, 5.74) is 1.10. The molecular formula is C12H22O4. The Hall–Kier alpha value is -0.870. The Bertz CT molecular complexity index is 239. The van der Waals surface area contributed by atoms with Crippen LogP contribution < -0.4 is 0 Å². The molecule has 0 amide bonds. The quantitative estimate of drug-likeness (QED) is 0.557. The molecule has 0 spiro atoms. The average Bonchev–Trinajstić information content (AvgIpc) is 2.09. The van der Waals surface area contributed by atoms with Gasteiger partial charge in [-0.25, -0.2) is 4.79 Å². The summed E-state index contributed by atoms with van der Waals surface area (Å²) in [4.78, 5) is 11.5. The number of carbonyl (C=O) groups excluding carboxylic acids is 1. The van der Waals surface area contributed by atoms with Crippen molar-refractivity contribution in [3.8, 4) is 0 Å². The van der Waals surface area contributed by atoms with E-state index in [0.717, 1.165) is 5.57 Å². The first-order valence-corrected chi connectivity index (χ1v) is 5.48. The zero-order chi connectivity index (χ0) is 12.7. The van der Waals surface area contributed by atoms with Gasteiger partial charge in [0.05, 0.1) is 18.8 Å². The number of hydrogen-bond donors (Lipinski definition) is 1. The normalized spacial score (nSPS) is 14.4.